The van der Waals surface area contributed by atoms with Crippen molar-refractivity contribution in [1.29, 1.82) is 0 Å². The van der Waals surface area contributed by atoms with Gasteiger partial charge in [0.15, 0.2) is 11.6 Å². The average molecular weight is 595 g/mol. The number of halogens is 2. The highest BCUT2D eigenvalue weighted by molar-refractivity contribution is 6.02. The third-order valence-corrected chi connectivity index (χ3v) is 9.73. The molecule has 230 valence electrons. The standard InChI is InChI=1S/C32H41F2N7O2/c1-4-28(42)40-15-13-38(14-16-40)26-19-41-24(26)8-6-5-7-23-25(41)17-27(37-29(23)31(33)34)39-11-9-32(10-12-39)30(21(2)18-35)36-22(3)20-43-32/h4,17-18,22,24,26,31H,1,5,7,9-16,19-20,35H2,2-3H3/p+1/b21-18-. The number of anilines is 2. The Labute approximate surface area is 252 Å². The van der Waals surface area contributed by atoms with Gasteiger partial charge in [-0.15, -0.1) is 5.92 Å². The maximum absolute atomic E-state index is 14.5. The van der Waals surface area contributed by atoms with Gasteiger partial charge in [0.25, 0.3) is 6.43 Å². The summed E-state index contributed by atoms with van der Waals surface area (Å²) in [4.78, 5) is 28.7. The first kappa shape index (κ1) is 29.6. The number of hydrogen-bond acceptors (Lipinski definition) is 7. The minimum atomic E-state index is -2.67. The first-order valence-electron chi connectivity index (χ1n) is 15.4. The van der Waals surface area contributed by atoms with E-state index >= 15 is 0 Å². The summed E-state index contributed by atoms with van der Waals surface area (Å²) in [5.74, 6) is 7.23. The Morgan fingerprint density at radius 2 is 2.00 bits per heavy atom. The molecular weight excluding hydrogens is 552 g/mol. The van der Waals surface area contributed by atoms with Crippen LogP contribution in [0.1, 0.15) is 50.8 Å². The number of nitrogens with one attached hydrogen (secondary N) is 1. The second-order valence-electron chi connectivity index (χ2n) is 12.3. The van der Waals surface area contributed by atoms with Crippen molar-refractivity contribution in [3.8, 4) is 11.8 Å². The molecule has 0 aromatic carbocycles. The molecule has 9 nitrogen and oxygen atoms in total. The van der Waals surface area contributed by atoms with Crippen LogP contribution in [-0.2, 0) is 16.0 Å². The summed E-state index contributed by atoms with van der Waals surface area (Å²) in [6.07, 6.45) is 2.69. The molecule has 3 atom stereocenters. The Morgan fingerprint density at radius 3 is 2.67 bits per heavy atom. The first-order valence-corrected chi connectivity index (χ1v) is 15.4. The number of hydrogen-bond donors (Lipinski definition) is 2. The molecule has 6 heterocycles. The van der Waals surface area contributed by atoms with E-state index in [-0.39, 0.29) is 29.7 Å². The molecule has 1 aromatic heterocycles. The fourth-order valence-corrected chi connectivity index (χ4v) is 7.23. The van der Waals surface area contributed by atoms with Gasteiger partial charge in [-0.1, -0.05) is 12.5 Å². The number of piperazine rings is 1. The number of piperidine rings is 1. The predicted octanol–water partition coefficient (Wildman–Crippen LogP) is 0.998. The van der Waals surface area contributed by atoms with Crippen LogP contribution in [0.3, 0.4) is 0 Å². The maximum Gasteiger partial charge on any atom is 0.280 e. The molecule has 1 aromatic rings. The van der Waals surface area contributed by atoms with Gasteiger partial charge in [0.1, 0.15) is 24.2 Å². The Balaban J connectivity index is 1.24. The summed E-state index contributed by atoms with van der Waals surface area (Å²) in [5, 5.41) is 0. The molecule has 3 N–H and O–H groups in total. The Kier molecular flexibility index (Phi) is 8.18. The van der Waals surface area contributed by atoms with Crippen molar-refractivity contribution >= 4 is 23.1 Å². The summed E-state index contributed by atoms with van der Waals surface area (Å²) >= 11 is 0. The van der Waals surface area contributed by atoms with E-state index in [0.29, 0.717) is 76.4 Å². The summed E-state index contributed by atoms with van der Waals surface area (Å²) in [7, 11) is 0. The molecule has 5 aliphatic rings. The van der Waals surface area contributed by atoms with Crippen molar-refractivity contribution < 1.29 is 23.3 Å². The number of nitrogens with two attached hydrogens (primary N) is 1. The second-order valence-corrected chi connectivity index (χ2v) is 12.3. The van der Waals surface area contributed by atoms with Crippen LogP contribution < -0.4 is 20.5 Å². The molecule has 1 amide bonds. The number of carbonyl (C=O) groups is 1. The average Bonchev–Trinajstić information content (AvgIpc) is 3.01. The highest BCUT2D eigenvalue weighted by Crippen LogP contribution is 2.41. The lowest BCUT2D eigenvalue weighted by Gasteiger charge is -2.54. The number of ether oxygens (including phenoxy) is 1. The van der Waals surface area contributed by atoms with Crippen molar-refractivity contribution in [2.75, 3.05) is 62.2 Å². The number of amides is 1. The lowest BCUT2D eigenvalue weighted by Crippen LogP contribution is -2.87. The minimum absolute atomic E-state index is 0.0429. The molecule has 1 spiro atoms. The molecule has 0 bridgehead atoms. The van der Waals surface area contributed by atoms with E-state index in [2.05, 4.69) is 50.0 Å². The molecule has 6 rings (SSSR count). The van der Waals surface area contributed by atoms with Crippen LogP contribution >= 0.6 is 0 Å². The van der Waals surface area contributed by atoms with Crippen LogP contribution in [-0.4, -0.2) is 103 Å². The number of nitrogens with zero attached hydrogens (tertiary/aromatic N) is 5. The Hall–Kier alpha value is -3.49. The van der Waals surface area contributed by atoms with Crippen LogP contribution in [0.25, 0.3) is 0 Å². The molecule has 3 unspecified atom stereocenters. The van der Waals surface area contributed by atoms with Crippen molar-refractivity contribution in [3.05, 3.63) is 41.8 Å². The minimum Gasteiger partial charge on any atom is -0.404 e. The van der Waals surface area contributed by atoms with E-state index < -0.39 is 12.0 Å². The van der Waals surface area contributed by atoms with Gasteiger partial charge >= 0.3 is 0 Å². The van der Waals surface area contributed by atoms with E-state index in [1.54, 1.807) is 6.20 Å². The third-order valence-electron chi connectivity index (χ3n) is 9.73. The van der Waals surface area contributed by atoms with Crippen LogP contribution in [0.4, 0.5) is 20.3 Å². The van der Waals surface area contributed by atoms with Crippen LogP contribution in [0.2, 0.25) is 0 Å². The topological polar surface area (TPSA) is 92.1 Å². The Morgan fingerprint density at radius 1 is 1.26 bits per heavy atom. The molecule has 43 heavy (non-hydrogen) atoms. The maximum atomic E-state index is 14.5. The molecule has 5 aliphatic heterocycles. The number of alkyl halides is 2. The smallest absolute Gasteiger partial charge is 0.280 e. The fourth-order valence-electron chi connectivity index (χ4n) is 7.23. The monoisotopic (exact) mass is 594 g/mol. The third kappa shape index (κ3) is 5.40. The van der Waals surface area contributed by atoms with E-state index in [4.69, 9.17) is 10.5 Å². The van der Waals surface area contributed by atoms with Crippen LogP contribution in [0.15, 0.2) is 30.5 Å². The van der Waals surface area contributed by atoms with E-state index in [1.165, 1.54) is 6.08 Å². The van der Waals surface area contributed by atoms with E-state index in [0.717, 1.165) is 30.1 Å². The van der Waals surface area contributed by atoms with E-state index in [9.17, 15) is 13.6 Å². The Bertz CT molecular complexity index is 1380. The van der Waals surface area contributed by atoms with Gasteiger partial charge in [-0.05, 0) is 26.3 Å². The molecule has 0 aliphatic carbocycles. The summed E-state index contributed by atoms with van der Waals surface area (Å²) in [5.41, 5.74) is 8.72. The second kappa shape index (κ2) is 11.9. The largest absolute Gasteiger partial charge is 0.404 e. The number of fused-ring (bicyclic) bond motifs is 3. The van der Waals surface area contributed by atoms with E-state index in [1.807, 2.05) is 17.9 Å². The normalized spacial score (nSPS) is 27.3. The molecule has 3 saturated heterocycles. The van der Waals surface area contributed by atoms with Gasteiger partial charge in [0.2, 0.25) is 11.6 Å². The molecular formula is C32H42F2N7O2+. The van der Waals surface area contributed by atoms with Gasteiger partial charge in [-0.3, -0.25) is 9.69 Å². The zero-order valence-corrected chi connectivity index (χ0v) is 25.1. The van der Waals surface area contributed by atoms with Crippen LogP contribution in [0.5, 0.6) is 0 Å². The number of rotatable bonds is 5. The SMILES string of the molecule is C=CC(=O)N1CCN(C2CN3c4cc(N5CCC6(CC5)OCC(C)[NH+]=C6/C(C)=C\N)nc(C(F)F)c4CCC#CC23)CC1. The summed E-state index contributed by atoms with van der Waals surface area (Å²) in [6, 6.07) is 2.30. The molecule has 0 radical (unpaired) electrons. The molecule has 11 heteroatoms. The van der Waals surface area contributed by atoms with Crippen molar-refractivity contribution in [2.45, 2.75) is 69.7 Å². The van der Waals surface area contributed by atoms with Crippen molar-refractivity contribution in [1.82, 2.24) is 14.8 Å². The molecule has 0 saturated carbocycles. The van der Waals surface area contributed by atoms with Crippen molar-refractivity contribution in [3.63, 3.8) is 0 Å². The van der Waals surface area contributed by atoms with Gasteiger partial charge in [-0.25, -0.2) is 18.8 Å². The fraction of sp³-hybridized carbons (Fsp3) is 0.594. The zero-order chi connectivity index (χ0) is 30.3. The predicted molar refractivity (Wildman–Crippen MR) is 162 cm³/mol. The lowest BCUT2D eigenvalue weighted by molar-refractivity contribution is -0.521. The molecule has 3 fully saturated rings. The number of carbonyl (C=O) groups excluding carboxylic acids is 1. The number of pyridine rings is 1. The van der Waals surface area contributed by atoms with Gasteiger partial charge in [0, 0.05) is 94.2 Å². The lowest BCUT2D eigenvalue weighted by atomic mass is 9.82. The highest BCUT2D eigenvalue weighted by atomic mass is 19.3. The summed E-state index contributed by atoms with van der Waals surface area (Å²) < 4.78 is 35.5. The zero-order valence-electron chi connectivity index (χ0n) is 25.1. The number of aromatic nitrogens is 1. The van der Waals surface area contributed by atoms with Crippen LogP contribution in [0, 0.1) is 11.8 Å². The van der Waals surface area contributed by atoms with Gasteiger partial charge < -0.3 is 25.2 Å². The van der Waals surface area contributed by atoms with Gasteiger partial charge in [0.05, 0.1) is 6.04 Å². The highest BCUT2D eigenvalue weighted by Gasteiger charge is 2.49. The van der Waals surface area contributed by atoms with Crippen molar-refractivity contribution in [2.24, 2.45) is 5.73 Å². The first-order chi connectivity index (χ1) is 20.7. The quantitative estimate of drug-likeness (QED) is 0.388. The van der Waals surface area contributed by atoms with Gasteiger partial charge in [-0.2, -0.15) is 0 Å². The summed E-state index contributed by atoms with van der Waals surface area (Å²) in [6.45, 7) is 13.1.